The maximum Gasteiger partial charge on any atom is 0.451 e. The summed E-state index contributed by atoms with van der Waals surface area (Å²) in [5.41, 5.74) is 2.74. The molecule has 0 aliphatic rings. The number of aromatic nitrogens is 4. The quantitative estimate of drug-likeness (QED) is 0.282. The number of anilines is 1. The van der Waals surface area contributed by atoms with E-state index in [0.717, 1.165) is 11.8 Å². The van der Waals surface area contributed by atoms with E-state index in [1.807, 2.05) is 0 Å². The first kappa shape index (κ1) is 24.4. The zero-order valence-corrected chi connectivity index (χ0v) is 18.5. The summed E-state index contributed by atoms with van der Waals surface area (Å²) < 4.78 is 94.3. The molecule has 0 saturated heterocycles. The summed E-state index contributed by atoms with van der Waals surface area (Å²) in [5, 5.41) is 2.41. The molecule has 0 unspecified atom stereocenters. The van der Waals surface area contributed by atoms with E-state index in [-0.39, 0.29) is 20.6 Å². The minimum Gasteiger partial charge on any atom is -0.383 e. The van der Waals surface area contributed by atoms with Crippen LogP contribution in [0.3, 0.4) is 0 Å². The number of benzene rings is 2. The molecular formula is C19H8Cl2F7N5S. The smallest absolute Gasteiger partial charge is 0.383 e. The van der Waals surface area contributed by atoms with Gasteiger partial charge in [0.05, 0.1) is 15.4 Å². The number of hydrogen-bond acceptors (Lipinski definition) is 5. The number of hydrogen-bond donors (Lipinski definition) is 1. The van der Waals surface area contributed by atoms with Gasteiger partial charge >= 0.3 is 12.4 Å². The molecule has 0 atom stereocenters. The van der Waals surface area contributed by atoms with Gasteiger partial charge in [-0.1, -0.05) is 47.1 Å². The van der Waals surface area contributed by atoms with Crippen LogP contribution in [0.2, 0.25) is 10.0 Å². The first-order chi connectivity index (χ1) is 15.8. The normalized spacial score (nSPS) is 12.5. The lowest BCUT2D eigenvalue weighted by Crippen LogP contribution is -2.17. The van der Waals surface area contributed by atoms with Gasteiger partial charge < -0.3 is 5.73 Å². The molecule has 0 fully saturated rings. The highest BCUT2D eigenvalue weighted by atomic mass is 35.5. The van der Waals surface area contributed by atoms with E-state index in [4.69, 9.17) is 28.9 Å². The molecule has 4 rings (SSSR count). The van der Waals surface area contributed by atoms with Crippen molar-refractivity contribution in [3.05, 3.63) is 63.8 Å². The third-order valence-corrected chi connectivity index (χ3v) is 5.96. The molecule has 5 nitrogen and oxygen atoms in total. The number of alkyl halides is 6. The van der Waals surface area contributed by atoms with Crippen LogP contribution in [0.25, 0.3) is 16.7 Å². The van der Waals surface area contributed by atoms with Gasteiger partial charge in [-0.05, 0) is 24.3 Å². The predicted octanol–water partition coefficient (Wildman–Crippen LogP) is 7.03. The van der Waals surface area contributed by atoms with Crippen LogP contribution in [0.4, 0.5) is 36.6 Å². The monoisotopic (exact) mass is 541 g/mol. The lowest BCUT2D eigenvalue weighted by atomic mass is 10.2. The summed E-state index contributed by atoms with van der Waals surface area (Å²) in [7, 11) is 0. The van der Waals surface area contributed by atoms with Crippen LogP contribution in [0.1, 0.15) is 11.5 Å². The van der Waals surface area contributed by atoms with E-state index in [1.165, 1.54) is 30.3 Å². The van der Waals surface area contributed by atoms with E-state index in [0.29, 0.717) is 9.58 Å². The van der Waals surface area contributed by atoms with Crippen LogP contribution in [0.5, 0.6) is 0 Å². The molecule has 0 spiro atoms. The average molecular weight is 542 g/mol. The number of rotatable bonds is 3. The Kier molecular flexibility index (Phi) is 6.07. The highest BCUT2D eigenvalue weighted by Gasteiger charge is 2.43. The molecule has 0 amide bonds. The van der Waals surface area contributed by atoms with Crippen molar-refractivity contribution in [2.24, 2.45) is 0 Å². The molecule has 15 heteroatoms. The molecule has 2 aromatic carbocycles. The van der Waals surface area contributed by atoms with Gasteiger partial charge in [0.25, 0.3) is 0 Å². The second-order valence-electron chi connectivity index (χ2n) is 6.65. The van der Waals surface area contributed by atoms with Crippen molar-refractivity contribution >= 4 is 51.8 Å². The first-order valence-corrected chi connectivity index (χ1v) is 10.5. The Bertz CT molecular complexity index is 1400. The molecule has 34 heavy (non-hydrogen) atoms. The van der Waals surface area contributed by atoms with Crippen LogP contribution in [0, 0.1) is 5.82 Å². The molecule has 2 heterocycles. The van der Waals surface area contributed by atoms with Gasteiger partial charge in [0.1, 0.15) is 17.3 Å². The van der Waals surface area contributed by atoms with Crippen molar-refractivity contribution in [3.63, 3.8) is 0 Å². The SMILES string of the molecule is Nc1c2c(C(F)(F)F)nc(C(F)(F)F)nc2nn1-c1c(Cl)cc(Sc2ccccc2F)cc1Cl. The first-order valence-electron chi connectivity index (χ1n) is 8.90. The molecule has 0 aliphatic carbocycles. The molecule has 178 valence electrons. The van der Waals surface area contributed by atoms with Crippen molar-refractivity contribution in [1.29, 1.82) is 0 Å². The fraction of sp³-hybridized carbons (Fsp3) is 0.105. The lowest BCUT2D eigenvalue weighted by Gasteiger charge is -2.12. The second-order valence-corrected chi connectivity index (χ2v) is 8.58. The average Bonchev–Trinajstić information content (AvgIpc) is 3.03. The zero-order chi connectivity index (χ0) is 25.0. The van der Waals surface area contributed by atoms with Gasteiger partial charge in [-0.25, -0.2) is 19.0 Å². The van der Waals surface area contributed by atoms with E-state index in [2.05, 4.69) is 15.1 Å². The van der Waals surface area contributed by atoms with E-state index in [9.17, 15) is 30.7 Å². The molecule has 4 aromatic rings. The molecule has 2 aromatic heterocycles. The highest BCUT2D eigenvalue weighted by molar-refractivity contribution is 7.99. The lowest BCUT2D eigenvalue weighted by molar-refractivity contribution is -0.151. The Labute approximate surface area is 199 Å². The maximum absolute atomic E-state index is 13.9. The van der Waals surface area contributed by atoms with Crippen LogP contribution < -0.4 is 5.73 Å². The van der Waals surface area contributed by atoms with Gasteiger partial charge in [0.2, 0.25) is 5.82 Å². The van der Waals surface area contributed by atoms with Gasteiger partial charge in [-0.15, -0.1) is 5.10 Å². The number of nitrogen functional groups attached to an aromatic ring is 1. The minimum atomic E-state index is -5.29. The van der Waals surface area contributed by atoms with Gasteiger partial charge in [-0.3, -0.25) is 0 Å². The predicted molar refractivity (Wildman–Crippen MR) is 112 cm³/mol. The largest absolute Gasteiger partial charge is 0.451 e. The fourth-order valence-corrected chi connectivity index (χ4v) is 4.67. The maximum atomic E-state index is 13.9. The van der Waals surface area contributed by atoms with Crippen LogP contribution >= 0.6 is 35.0 Å². The van der Waals surface area contributed by atoms with Crippen LogP contribution in [-0.2, 0) is 12.4 Å². The highest BCUT2D eigenvalue weighted by Crippen LogP contribution is 2.42. The molecule has 0 radical (unpaired) electrons. The number of halogens is 9. The Hall–Kier alpha value is -2.77. The number of fused-ring (bicyclic) bond motifs is 1. The van der Waals surface area contributed by atoms with Crippen molar-refractivity contribution in [2.75, 3.05) is 5.73 Å². The molecule has 0 aliphatic heterocycles. The number of nitrogens with zero attached hydrogens (tertiary/aromatic N) is 4. The molecular weight excluding hydrogens is 534 g/mol. The van der Waals surface area contributed by atoms with Crippen LogP contribution in [0.15, 0.2) is 46.2 Å². The zero-order valence-electron chi connectivity index (χ0n) is 16.1. The third kappa shape index (κ3) is 4.46. The van der Waals surface area contributed by atoms with Crippen LogP contribution in [-0.4, -0.2) is 19.7 Å². The fourth-order valence-electron chi connectivity index (χ4n) is 2.97. The summed E-state index contributed by atoms with van der Waals surface area (Å²) in [6.45, 7) is 0. The van der Waals surface area contributed by atoms with Gasteiger partial charge in [-0.2, -0.15) is 26.3 Å². The van der Waals surface area contributed by atoms with E-state index >= 15 is 0 Å². The summed E-state index contributed by atoms with van der Waals surface area (Å²) in [4.78, 5) is 6.33. The Morgan fingerprint density at radius 2 is 1.53 bits per heavy atom. The molecule has 0 bridgehead atoms. The van der Waals surface area contributed by atoms with Crippen molar-refractivity contribution < 1.29 is 30.7 Å². The summed E-state index contributed by atoms with van der Waals surface area (Å²) in [5.74, 6) is -3.27. The van der Waals surface area contributed by atoms with Crippen molar-refractivity contribution in [2.45, 2.75) is 22.1 Å². The summed E-state index contributed by atoms with van der Waals surface area (Å²) in [6.07, 6.45) is -10.6. The Balaban J connectivity index is 1.89. The van der Waals surface area contributed by atoms with E-state index < -0.39 is 46.5 Å². The standard InChI is InChI=1S/C19H8Cl2F7N5S/c20-8-5-7(34-11-4-2-1-3-10(11)22)6-9(21)13(8)33-15(29)12-14(18(23,24)25)30-17(19(26,27)28)31-16(12)32-33/h1-6H,29H2. The van der Waals surface area contributed by atoms with Crippen molar-refractivity contribution in [3.8, 4) is 5.69 Å². The topological polar surface area (TPSA) is 69.6 Å². The van der Waals surface area contributed by atoms with Crippen molar-refractivity contribution in [1.82, 2.24) is 19.7 Å². The Morgan fingerprint density at radius 1 is 0.912 bits per heavy atom. The number of nitrogens with two attached hydrogens (primary N) is 1. The third-order valence-electron chi connectivity index (χ3n) is 4.36. The minimum absolute atomic E-state index is 0.164. The summed E-state index contributed by atoms with van der Waals surface area (Å²) >= 11 is 13.5. The van der Waals surface area contributed by atoms with Gasteiger partial charge in [0.15, 0.2) is 11.3 Å². The second kappa shape index (κ2) is 8.47. The molecule has 2 N–H and O–H groups in total. The Morgan fingerprint density at radius 3 is 2.09 bits per heavy atom. The van der Waals surface area contributed by atoms with E-state index in [1.54, 1.807) is 6.07 Å². The summed E-state index contributed by atoms with van der Waals surface area (Å²) in [6, 6.07) is 8.49. The van der Waals surface area contributed by atoms with Gasteiger partial charge in [0, 0.05) is 9.79 Å². The molecule has 0 saturated carbocycles.